The van der Waals surface area contributed by atoms with Crippen molar-refractivity contribution >= 4 is 0 Å². The Labute approximate surface area is 218 Å². The first-order valence-electron chi connectivity index (χ1n) is 14.8. The summed E-state index contributed by atoms with van der Waals surface area (Å²) in [5.74, 6) is 15.9. The van der Waals surface area contributed by atoms with Gasteiger partial charge in [-0.05, 0) is 0 Å². The number of hydrogen-bond donors (Lipinski definition) is 0. The van der Waals surface area contributed by atoms with Gasteiger partial charge in [-0.25, -0.2) is 0 Å². The van der Waals surface area contributed by atoms with Gasteiger partial charge in [0.15, 0.2) is 0 Å². The minimum absolute atomic E-state index is 0. The normalized spacial score (nSPS) is 44.7. The molecular weight excluding hydrogens is 436 g/mol. The zero-order chi connectivity index (χ0) is 22.2. The van der Waals surface area contributed by atoms with Gasteiger partial charge < -0.3 is 23.7 Å². The van der Waals surface area contributed by atoms with Crippen LogP contribution in [0.1, 0.15) is 130 Å². The molecule has 0 saturated heterocycles. The maximum Gasteiger partial charge on any atom is 4.00 e. The summed E-state index contributed by atoms with van der Waals surface area (Å²) in [5, 5.41) is 0. The molecule has 33 heavy (non-hydrogen) atoms. The monoisotopic (exact) mass is 488 g/mol. The van der Waals surface area contributed by atoms with Gasteiger partial charge in [-0.1, -0.05) is 103 Å². The fourth-order valence-electron chi connectivity index (χ4n) is 9.12. The van der Waals surface area contributed by atoms with Crippen LogP contribution in [0.25, 0.3) is 0 Å². The molecule has 8 atom stereocenters. The van der Waals surface area contributed by atoms with Gasteiger partial charge in [0.1, 0.15) is 0 Å². The van der Waals surface area contributed by atoms with E-state index < -0.39 is 0 Å². The Balaban J connectivity index is 0.000000104. The van der Waals surface area contributed by atoms with E-state index in [0.29, 0.717) is 0 Å². The molecule has 8 aliphatic carbocycles. The Kier molecular flexibility index (Phi) is 9.45. The van der Waals surface area contributed by atoms with E-state index >= 15 is 0 Å². The van der Waals surface area contributed by atoms with Crippen molar-refractivity contribution in [3.63, 3.8) is 0 Å². The molecule has 0 heterocycles. The summed E-state index contributed by atoms with van der Waals surface area (Å²) in [7, 11) is 0. The molecule has 0 aromatic carbocycles. The molecule has 1 heteroatoms. The smallest absolute Gasteiger partial charge is 0.311 e. The second-order valence-electron chi connectivity index (χ2n) is 13.6. The Bertz CT molecular complexity index is 487. The summed E-state index contributed by atoms with van der Waals surface area (Å²) in [6.45, 7) is 9.53. The molecule has 8 saturated carbocycles. The molecular formula is C32H52Cr. The van der Waals surface area contributed by atoms with E-state index in [9.17, 15) is 0 Å². The van der Waals surface area contributed by atoms with E-state index in [1.165, 1.54) is 103 Å². The van der Waals surface area contributed by atoms with E-state index in [1.807, 2.05) is 23.7 Å². The van der Waals surface area contributed by atoms with Gasteiger partial charge in [0.2, 0.25) is 0 Å². The molecule has 0 amide bonds. The summed E-state index contributed by atoms with van der Waals surface area (Å²) >= 11 is 0. The average Bonchev–Trinajstić information content (AvgIpc) is 3.61. The minimum Gasteiger partial charge on any atom is -0.311 e. The van der Waals surface area contributed by atoms with Crippen LogP contribution in [0, 0.1) is 71.0 Å². The zero-order valence-electron chi connectivity index (χ0n) is 22.3. The van der Waals surface area contributed by atoms with Crippen LogP contribution in [-0.2, 0) is 17.4 Å². The largest absolute Gasteiger partial charge is 4.00 e. The third-order valence-electron chi connectivity index (χ3n) is 11.2. The van der Waals surface area contributed by atoms with Gasteiger partial charge in [-0.2, -0.15) is 75.0 Å². The van der Waals surface area contributed by atoms with Crippen LogP contribution >= 0.6 is 0 Å². The van der Waals surface area contributed by atoms with E-state index in [4.69, 9.17) is 0 Å². The summed E-state index contributed by atoms with van der Waals surface area (Å²) in [6, 6.07) is 0. The summed E-state index contributed by atoms with van der Waals surface area (Å²) in [5.41, 5.74) is 0. The van der Waals surface area contributed by atoms with Crippen molar-refractivity contribution < 1.29 is 17.4 Å². The molecule has 8 bridgehead atoms. The van der Waals surface area contributed by atoms with Crippen molar-refractivity contribution in [2.45, 2.75) is 130 Å². The van der Waals surface area contributed by atoms with E-state index in [1.54, 1.807) is 0 Å². The number of rotatable bonds is 0. The second-order valence-corrected chi connectivity index (χ2v) is 13.6. The third-order valence-corrected chi connectivity index (χ3v) is 11.2. The third kappa shape index (κ3) is 6.46. The van der Waals surface area contributed by atoms with Gasteiger partial charge in [0.05, 0.1) is 0 Å². The quantitative estimate of drug-likeness (QED) is 0.298. The van der Waals surface area contributed by atoms with Gasteiger partial charge in [-0.3, -0.25) is 0 Å². The molecule has 0 radical (unpaired) electrons. The Hall–Kier alpha value is 0.532. The fourth-order valence-corrected chi connectivity index (χ4v) is 9.12. The van der Waals surface area contributed by atoms with Crippen LogP contribution in [0.3, 0.4) is 0 Å². The molecule has 0 nitrogen and oxygen atoms in total. The van der Waals surface area contributed by atoms with Crippen LogP contribution in [0.4, 0.5) is 0 Å². The first-order chi connectivity index (χ1) is 15.4. The van der Waals surface area contributed by atoms with E-state index in [0.717, 1.165) is 47.3 Å². The van der Waals surface area contributed by atoms with E-state index in [2.05, 4.69) is 27.7 Å². The predicted molar refractivity (Wildman–Crippen MR) is 137 cm³/mol. The van der Waals surface area contributed by atoms with Crippen molar-refractivity contribution in [1.29, 1.82) is 0 Å². The van der Waals surface area contributed by atoms with Gasteiger partial charge in [0, 0.05) is 0 Å². The maximum atomic E-state index is 2.38. The van der Waals surface area contributed by atoms with Crippen molar-refractivity contribution in [3.8, 4) is 0 Å². The Morgan fingerprint density at radius 3 is 0.667 bits per heavy atom. The standard InChI is InChI=1S/4C8H13.Cr/c4*1-6-4-7-2-3-8(6)5-7;/h4*6-7H,2-5H2,1H3;/q4*-1;+4. The zero-order valence-corrected chi connectivity index (χ0v) is 23.6. The van der Waals surface area contributed by atoms with Crippen molar-refractivity contribution in [3.05, 3.63) is 23.7 Å². The second kappa shape index (κ2) is 11.7. The molecule has 0 aliphatic heterocycles. The first kappa shape index (κ1) is 26.6. The molecule has 8 aliphatic rings. The predicted octanol–water partition coefficient (Wildman–Crippen LogP) is 9.60. The topological polar surface area (TPSA) is 0 Å². The van der Waals surface area contributed by atoms with Gasteiger partial charge in [-0.15, -0.1) is 0 Å². The minimum atomic E-state index is 0. The molecule has 8 fully saturated rings. The van der Waals surface area contributed by atoms with Gasteiger partial charge >= 0.3 is 17.4 Å². The molecule has 0 aromatic heterocycles. The molecule has 0 spiro atoms. The van der Waals surface area contributed by atoms with Crippen LogP contribution in [0.15, 0.2) is 0 Å². The van der Waals surface area contributed by atoms with Crippen molar-refractivity contribution in [2.75, 3.05) is 0 Å². The van der Waals surface area contributed by atoms with Gasteiger partial charge in [0.25, 0.3) is 0 Å². The molecule has 186 valence electrons. The summed E-state index contributed by atoms with van der Waals surface area (Å²) in [4.78, 5) is 0. The van der Waals surface area contributed by atoms with Crippen molar-refractivity contribution in [2.24, 2.45) is 47.3 Å². The molecule has 8 rings (SSSR count). The van der Waals surface area contributed by atoms with Crippen LogP contribution in [0.5, 0.6) is 0 Å². The molecule has 8 unspecified atom stereocenters. The van der Waals surface area contributed by atoms with Crippen LogP contribution in [-0.4, -0.2) is 0 Å². The molecule has 0 aromatic rings. The Morgan fingerprint density at radius 2 is 0.606 bits per heavy atom. The SMILES string of the molecule is CC1CC2CC[C-]1C2.CC1CC2CC[C-]1C2.CC1CC2CC[C-]1C2.CC1CC2CC[C-]1C2.[Cr+4]. The fraction of sp³-hybridized carbons (Fsp3) is 0.875. The summed E-state index contributed by atoms with van der Waals surface area (Å²) in [6.07, 6.45) is 23.9. The average molecular weight is 489 g/mol. The van der Waals surface area contributed by atoms with Crippen LogP contribution < -0.4 is 0 Å². The summed E-state index contributed by atoms with van der Waals surface area (Å²) < 4.78 is 0. The first-order valence-corrected chi connectivity index (χ1v) is 14.8. The maximum absolute atomic E-state index is 2.38. The number of hydrogen-bond acceptors (Lipinski definition) is 0. The van der Waals surface area contributed by atoms with E-state index in [-0.39, 0.29) is 17.4 Å². The van der Waals surface area contributed by atoms with Crippen molar-refractivity contribution in [1.82, 2.24) is 0 Å². The van der Waals surface area contributed by atoms with Crippen LogP contribution in [0.2, 0.25) is 0 Å². The Morgan fingerprint density at radius 1 is 0.394 bits per heavy atom. The number of fused-ring (bicyclic) bond motifs is 8. The molecule has 0 N–H and O–H groups in total.